The van der Waals surface area contributed by atoms with E-state index in [1.54, 1.807) is 24.3 Å². The van der Waals surface area contributed by atoms with E-state index in [0.29, 0.717) is 17.1 Å². The van der Waals surface area contributed by atoms with Crippen molar-refractivity contribution in [1.82, 2.24) is 0 Å². The number of methoxy groups -OCH3 is 1. The molecule has 0 saturated carbocycles. The molecule has 0 N–H and O–H groups in total. The second-order valence-electron chi connectivity index (χ2n) is 6.71. The zero-order valence-corrected chi connectivity index (χ0v) is 17.5. The summed E-state index contributed by atoms with van der Waals surface area (Å²) in [6, 6.07) is 24.3. The smallest absolute Gasteiger partial charge is 0.349 e. The van der Waals surface area contributed by atoms with Gasteiger partial charge in [0.15, 0.2) is 18.1 Å². The Kier molecular flexibility index (Phi) is 7.45. The lowest BCUT2D eigenvalue weighted by molar-refractivity contribution is -0.136. The van der Waals surface area contributed by atoms with Crippen molar-refractivity contribution in [3.63, 3.8) is 0 Å². The Labute approximate surface area is 182 Å². The molecule has 5 heteroatoms. The fourth-order valence-electron chi connectivity index (χ4n) is 2.94. The molecule has 31 heavy (non-hydrogen) atoms. The Balaban J connectivity index is 1.68. The summed E-state index contributed by atoms with van der Waals surface area (Å²) in [5, 5.41) is 9.49. The van der Waals surface area contributed by atoms with Gasteiger partial charge in [0.1, 0.15) is 5.75 Å². The number of benzene rings is 3. The lowest BCUT2D eigenvalue weighted by atomic mass is 10.0. The van der Waals surface area contributed by atoms with Gasteiger partial charge in [0, 0.05) is 0 Å². The van der Waals surface area contributed by atoms with Crippen molar-refractivity contribution in [2.45, 2.75) is 13.3 Å². The molecule has 5 nitrogen and oxygen atoms in total. The Morgan fingerprint density at radius 2 is 1.74 bits per heavy atom. The fourth-order valence-corrected chi connectivity index (χ4v) is 2.94. The standard InChI is InChI=1S/C26H23NO4/c1-3-19-9-12-23(13-10-19)30-18-26(28)31-24-14-11-20(16-25(24)29-2)15-22(17-27)21-7-5-4-6-8-21/h4-16H,3,18H2,1-2H3/b22-15-. The van der Waals surface area contributed by atoms with E-state index in [1.165, 1.54) is 12.7 Å². The highest BCUT2D eigenvalue weighted by Crippen LogP contribution is 2.30. The summed E-state index contributed by atoms with van der Waals surface area (Å²) >= 11 is 0. The molecule has 3 rings (SSSR count). The number of hydrogen-bond donors (Lipinski definition) is 0. The third kappa shape index (κ3) is 5.97. The summed E-state index contributed by atoms with van der Waals surface area (Å²) in [6.07, 6.45) is 2.70. The van der Waals surface area contributed by atoms with Gasteiger partial charge in [0.05, 0.1) is 18.8 Å². The fraction of sp³-hybridized carbons (Fsp3) is 0.154. The molecule has 0 saturated heterocycles. The molecule has 156 valence electrons. The van der Waals surface area contributed by atoms with E-state index in [9.17, 15) is 10.1 Å². The maximum atomic E-state index is 12.2. The minimum absolute atomic E-state index is 0.219. The number of hydrogen-bond acceptors (Lipinski definition) is 5. The molecule has 0 spiro atoms. The first-order chi connectivity index (χ1) is 15.1. The summed E-state index contributed by atoms with van der Waals surface area (Å²) in [7, 11) is 1.49. The van der Waals surface area contributed by atoms with E-state index in [-0.39, 0.29) is 12.4 Å². The van der Waals surface area contributed by atoms with Gasteiger partial charge in [-0.25, -0.2) is 4.79 Å². The quantitative estimate of drug-likeness (QED) is 0.217. The molecule has 0 unspecified atom stereocenters. The highest BCUT2D eigenvalue weighted by Gasteiger charge is 2.12. The molecule has 3 aromatic rings. The number of allylic oxidation sites excluding steroid dienone is 1. The van der Waals surface area contributed by atoms with E-state index >= 15 is 0 Å². The molecule has 0 aromatic heterocycles. The van der Waals surface area contributed by atoms with Crippen molar-refractivity contribution >= 4 is 17.6 Å². The number of carbonyl (C=O) groups is 1. The molecule has 0 heterocycles. The van der Waals surface area contributed by atoms with Gasteiger partial charge in [0.2, 0.25) is 0 Å². The third-order valence-corrected chi connectivity index (χ3v) is 4.62. The molecule has 0 amide bonds. The van der Waals surface area contributed by atoms with Crippen LogP contribution in [0.4, 0.5) is 0 Å². The lowest BCUT2D eigenvalue weighted by Crippen LogP contribution is -2.18. The molecule has 0 aliphatic heterocycles. The maximum absolute atomic E-state index is 12.2. The SMILES string of the molecule is CCc1ccc(OCC(=O)Oc2ccc(/C=C(/C#N)c3ccccc3)cc2OC)cc1. The van der Waals surface area contributed by atoms with Crippen LogP contribution in [0.5, 0.6) is 17.2 Å². The molecule has 0 fully saturated rings. The average molecular weight is 413 g/mol. The van der Waals surface area contributed by atoms with Crippen molar-refractivity contribution in [3.05, 3.63) is 89.5 Å². The first-order valence-corrected chi connectivity index (χ1v) is 9.90. The Bertz CT molecular complexity index is 1100. The highest BCUT2D eigenvalue weighted by atomic mass is 16.6. The van der Waals surface area contributed by atoms with Gasteiger partial charge in [-0.2, -0.15) is 5.26 Å². The van der Waals surface area contributed by atoms with Crippen LogP contribution in [0, 0.1) is 11.3 Å². The van der Waals surface area contributed by atoms with Crippen molar-refractivity contribution in [3.8, 4) is 23.3 Å². The molecule has 0 bridgehead atoms. The minimum Gasteiger partial charge on any atom is -0.493 e. The van der Waals surface area contributed by atoms with Gasteiger partial charge < -0.3 is 14.2 Å². The van der Waals surface area contributed by atoms with Crippen LogP contribution in [0.25, 0.3) is 11.6 Å². The van der Waals surface area contributed by atoms with Gasteiger partial charge in [-0.1, -0.05) is 55.5 Å². The molecular formula is C26H23NO4. The second kappa shape index (κ2) is 10.7. The third-order valence-electron chi connectivity index (χ3n) is 4.62. The highest BCUT2D eigenvalue weighted by molar-refractivity contribution is 5.89. The van der Waals surface area contributed by atoms with E-state index in [0.717, 1.165) is 17.5 Å². The van der Waals surface area contributed by atoms with Gasteiger partial charge >= 0.3 is 5.97 Å². The first-order valence-electron chi connectivity index (χ1n) is 9.90. The summed E-state index contributed by atoms with van der Waals surface area (Å²) in [5.41, 5.74) is 3.29. The van der Waals surface area contributed by atoms with Crippen LogP contribution in [0.3, 0.4) is 0 Å². The number of ether oxygens (including phenoxy) is 3. The topological polar surface area (TPSA) is 68.5 Å². The number of nitrogens with zero attached hydrogens (tertiary/aromatic N) is 1. The Morgan fingerprint density at radius 1 is 1.00 bits per heavy atom. The van der Waals surface area contributed by atoms with Crippen LogP contribution in [-0.2, 0) is 11.2 Å². The van der Waals surface area contributed by atoms with E-state index in [2.05, 4.69) is 13.0 Å². The van der Waals surface area contributed by atoms with Crippen LogP contribution >= 0.6 is 0 Å². The largest absolute Gasteiger partial charge is 0.493 e. The van der Waals surface area contributed by atoms with Crippen molar-refractivity contribution in [2.24, 2.45) is 0 Å². The number of carbonyl (C=O) groups excluding carboxylic acids is 1. The second-order valence-corrected chi connectivity index (χ2v) is 6.71. The van der Waals surface area contributed by atoms with Gasteiger partial charge in [0.25, 0.3) is 0 Å². The summed E-state index contributed by atoms with van der Waals surface area (Å²) in [6.45, 7) is 1.85. The molecule has 0 aliphatic carbocycles. The summed E-state index contributed by atoms with van der Waals surface area (Å²) in [5.74, 6) is 0.738. The zero-order valence-electron chi connectivity index (χ0n) is 17.5. The van der Waals surface area contributed by atoms with Crippen LogP contribution in [0.15, 0.2) is 72.8 Å². The van der Waals surface area contributed by atoms with E-state index < -0.39 is 5.97 Å². The normalized spacial score (nSPS) is 10.8. The summed E-state index contributed by atoms with van der Waals surface area (Å²) in [4.78, 5) is 12.2. The molecular weight excluding hydrogens is 390 g/mol. The van der Waals surface area contributed by atoms with E-state index in [1.807, 2.05) is 54.6 Å². The van der Waals surface area contributed by atoms with Gasteiger partial charge in [-0.05, 0) is 53.5 Å². The van der Waals surface area contributed by atoms with Crippen molar-refractivity contribution in [2.75, 3.05) is 13.7 Å². The average Bonchev–Trinajstić information content (AvgIpc) is 2.82. The van der Waals surface area contributed by atoms with Gasteiger partial charge in [-0.15, -0.1) is 0 Å². The number of aryl methyl sites for hydroxylation is 1. The van der Waals surface area contributed by atoms with Crippen LogP contribution in [0.1, 0.15) is 23.6 Å². The molecule has 0 aliphatic rings. The maximum Gasteiger partial charge on any atom is 0.349 e. The Morgan fingerprint density at radius 3 is 2.39 bits per heavy atom. The van der Waals surface area contributed by atoms with Crippen LogP contribution < -0.4 is 14.2 Å². The monoisotopic (exact) mass is 413 g/mol. The number of esters is 1. The first kappa shape index (κ1) is 21.7. The lowest BCUT2D eigenvalue weighted by Gasteiger charge is -2.11. The van der Waals surface area contributed by atoms with Crippen molar-refractivity contribution in [1.29, 1.82) is 5.26 Å². The molecule has 0 atom stereocenters. The van der Waals surface area contributed by atoms with Gasteiger partial charge in [-0.3, -0.25) is 0 Å². The molecule has 3 aromatic carbocycles. The predicted molar refractivity (Wildman–Crippen MR) is 120 cm³/mol. The number of nitriles is 1. The molecule has 0 radical (unpaired) electrons. The zero-order chi connectivity index (χ0) is 22.1. The Hall–Kier alpha value is -4.04. The predicted octanol–water partition coefficient (Wildman–Crippen LogP) is 5.31. The minimum atomic E-state index is -0.539. The van der Waals surface area contributed by atoms with Crippen LogP contribution in [0.2, 0.25) is 0 Å². The van der Waals surface area contributed by atoms with Crippen molar-refractivity contribution < 1.29 is 19.0 Å². The number of rotatable bonds is 8. The van der Waals surface area contributed by atoms with Crippen LogP contribution in [-0.4, -0.2) is 19.7 Å². The van der Waals surface area contributed by atoms with E-state index in [4.69, 9.17) is 14.2 Å². The summed E-state index contributed by atoms with van der Waals surface area (Å²) < 4.78 is 16.3.